The first-order chi connectivity index (χ1) is 18.5. The molecule has 0 radical (unpaired) electrons. The van der Waals surface area contributed by atoms with E-state index in [9.17, 15) is 9.18 Å². The average Bonchev–Trinajstić information content (AvgIpc) is 3.38. The van der Waals surface area contributed by atoms with E-state index >= 15 is 0 Å². The molecular weight excluding hydrogens is 485 g/mol. The number of aliphatic imine (C=N–C) groups is 1. The quantitative estimate of drug-likeness (QED) is 0.246. The Hall–Kier alpha value is -4.65. The van der Waals surface area contributed by atoms with Crippen molar-refractivity contribution >= 4 is 12.2 Å². The van der Waals surface area contributed by atoms with E-state index < -0.39 is 11.8 Å². The van der Waals surface area contributed by atoms with Gasteiger partial charge in [-0.2, -0.15) is 0 Å². The highest BCUT2D eigenvalue weighted by atomic mass is 19.1. The molecule has 5 rings (SSSR count). The van der Waals surface area contributed by atoms with Gasteiger partial charge >= 0.3 is 5.97 Å². The number of esters is 1. The summed E-state index contributed by atoms with van der Waals surface area (Å²) < 4.78 is 35.7. The van der Waals surface area contributed by atoms with Gasteiger partial charge in [-0.1, -0.05) is 36.4 Å². The minimum absolute atomic E-state index is 0.0731. The number of nitrogens with zero attached hydrogens (tertiary/aromatic N) is 1. The van der Waals surface area contributed by atoms with Crippen molar-refractivity contribution < 1.29 is 28.1 Å². The van der Waals surface area contributed by atoms with Crippen LogP contribution in [0, 0.1) is 5.82 Å². The van der Waals surface area contributed by atoms with Gasteiger partial charge < -0.3 is 18.9 Å². The standard InChI is InChI=1S/C31H26FNO5/c1-35-22-12-7-19(8-13-22)29(20-9-14-23(36-2)15-10-20)30-24-5-4-6-27(26(24)18-33-30)38-28-17-21(32)11-16-25(28)31(34)37-3/h4-18,29-30H,1-3H3. The number of ether oxygens (including phenoxy) is 4. The summed E-state index contributed by atoms with van der Waals surface area (Å²) >= 11 is 0. The van der Waals surface area contributed by atoms with Crippen molar-refractivity contribution in [3.05, 3.63) is 119 Å². The van der Waals surface area contributed by atoms with Gasteiger partial charge in [-0.3, -0.25) is 4.99 Å². The fourth-order valence-electron chi connectivity index (χ4n) is 4.70. The fourth-order valence-corrected chi connectivity index (χ4v) is 4.70. The third-order valence-electron chi connectivity index (χ3n) is 6.62. The summed E-state index contributed by atoms with van der Waals surface area (Å²) in [4.78, 5) is 17.1. The van der Waals surface area contributed by atoms with Gasteiger partial charge in [0.1, 0.15) is 34.4 Å². The van der Waals surface area contributed by atoms with Crippen LogP contribution >= 0.6 is 0 Å². The number of hydrogen-bond acceptors (Lipinski definition) is 6. The highest BCUT2D eigenvalue weighted by Crippen LogP contribution is 2.46. The van der Waals surface area contributed by atoms with Gasteiger partial charge in [0, 0.05) is 23.8 Å². The zero-order valence-electron chi connectivity index (χ0n) is 21.2. The van der Waals surface area contributed by atoms with E-state index in [1.165, 1.54) is 25.3 Å². The normalized spacial score (nSPS) is 13.8. The van der Waals surface area contributed by atoms with E-state index in [0.29, 0.717) is 5.75 Å². The predicted molar refractivity (Wildman–Crippen MR) is 142 cm³/mol. The van der Waals surface area contributed by atoms with E-state index in [2.05, 4.69) is 0 Å². The summed E-state index contributed by atoms with van der Waals surface area (Å²) in [5.74, 6) is 0.828. The van der Waals surface area contributed by atoms with Crippen molar-refractivity contribution in [3.8, 4) is 23.0 Å². The Balaban J connectivity index is 1.56. The molecule has 0 N–H and O–H groups in total. The van der Waals surface area contributed by atoms with Crippen LogP contribution in [0.5, 0.6) is 23.0 Å². The van der Waals surface area contributed by atoms with Crippen LogP contribution < -0.4 is 14.2 Å². The Morgan fingerprint density at radius 1 is 0.816 bits per heavy atom. The summed E-state index contributed by atoms with van der Waals surface area (Å²) in [5.41, 5.74) is 3.98. The summed E-state index contributed by atoms with van der Waals surface area (Å²) in [5, 5.41) is 0. The molecule has 1 heterocycles. The first-order valence-corrected chi connectivity index (χ1v) is 12.0. The van der Waals surface area contributed by atoms with Crippen molar-refractivity contribution in [1.82, 2.24) is 0 Å². The minimum atomic E-state index is -0.613. The molecule has 0 spiro atoms. The van der Waals surface area contributed by atoms with E-state index in [4.69, 9.17) is 23.9 Å². The number of benzene rings is 4. The molecule has 4 aromatic rings. The van der Waals surface area contributed by atoms with E-state index in [1.54, 1.807) is 26.5 Å². The predicted octanol–water partition coefficient (Wildman–Crippen LogP) is 6.73. The smallest absolute Gasteiger partial charge is 0.341 e. The van der Waals surface area contributed by atoms with Gasteiger partial charge in [-0.05, 0) is 59.2 Å². The summed E-state index contributed by atoms with van der Waals surface area (Å²) in [6.07, 6.45) is 1.77. The van der Waals surface area contributed by atoms with Gasteiger partial charge in [0.05, 0.1) is 27.4 Å². The summed E-state index contributed by atoms with van der Waals surface area (Å²) in [7, 11) is 4.55. The second kappa shape index (κ2) is 10.8. The molecule has 192 valence electrons. The fraction of sp³-hybridized carbons (Fsp3) is 0.161. The molecule has 4 aromatic carbocycles. The molecule has 38 heavy (non-hydrogen) atoms. The van der Waals surface area contributed by atoms with Crippen molar-refractivity contribution in [2.45, 2.75) is 12.0 Å². The topological polar surface area (TPSA) is 66.4 Å². The van der Waals surface area contributed by atoms with Crippen LogP contribution in [-0.4, -0.2) is 33.5 Å². The number of hydrogen-bond donors (Lipinski definition) is 0. The number of rotatable bonds is 8. The lowest BCUT2D eigenvalue weighted by Gasteiger charge is -2.25. The number of halogens is 1. The molecule has 0 fully saturated rings. The first kappa shape index (κ1) is 25.0. The molecule has 1 unspecified atom stereocenters. The Morgan fingerprint density at radius 3 is 2.03 bits per heavy atom. The zero-order valence-corrected chi connectivity index (χ0v) is 21.2. The number of fused-ring (bicyclic) bond motifs is 1. The Morgan fingerprint density at radius 2 is 1.45 bits per heavy atom. The van der Waals surface area contributed by atoms with Crippen LogP contribution in [-0.2, 0) is 4.74 Å². The van der Waals surface area contributed by atoms with Gasteiger partial charge in [-0.15, -0.1) is 0 Å². The van der Waals surface area contributed by atoms with Gasteiger partial charge in [0.15, 0.2) is 0 Å². The van der Waals surface area contributed by atoms with Crippen LogP contribution in [0.4, 0.5) is 4.39 Å². The highest BCUT2D eigenvalue weighted by Gasteiger charge is 2.32. The molecule has 1 aliphatic rings. The average molecular weight is 512 g/mol. The van der Waals surface area contributed by atoms with Gasteiger partial charge in [0.2, 0.25) is 0 Å². The minimum Gasteiger partial charge on any atom is -0.497 e. The van der Waals surface area contributed by atoms with Crippen LogP contribution in [0.15, 0.2) is 89.9 Å². The summed E-state index contributed by atoms with van der Waals surface area (Å²) in [6, 6.07) is 25.0. The van der Waals surface area contributed by atoms with Gasteiger partial charge in [0.25, 0.3) is 0 Å². The maximum atomic E-state index is 14.1. The largest absolute Gasteiger partial charge is 0.497 e. The molecule has 0 amide bonds. The van der Waals surface area contributed by atoms with E-state index in [-0.39, 0.29) is 23.3 Å². The SMILES string of the molecule is COC(=O)c1ccc(F)cc1Oc1cccc2c1C=NC2C(c1ccc(OC)cc1)c1ccc(OC)cc1. The molecule has 0 aromatic heterocycles. The number of methoxy groups -OCH3 is 3. The molecule has 1 aliphatic heterocycles. The van der Waals surface area contributed by atoms with Gasteiger partial charge in [-0.25, -0.2) is 9.18 Å². The van der Waals surface area contributed by atoms with Crippen LogP contribution in [0.2, 0.25) is 0 Å². The van der Waals surface area contributed by atoms with E-state index in [0.717, 1.165) is 33.8 Å². The van der Waals surface area contributed by atoms with Crippen LogP contribution in [0.1, 0.15) is 44.6 Å². The van der Waals surface area contributed by atoms with Crippen molar-refractivity contribution in [1.29, 1.82) is 0 Å². The lowest BCUT2D eigenvalue weighted by molar-refractivity contribution is 0.0598. The third-order valence-corrected chi connectivity index (χ3v) is 6.62. The van der Waals surface area contributed by atoms with Crippen molar-refractivity contribution in [2.75, 3.05) is 21.3 Å². The Kier molecular flexibility index (Phi) is 7.09. The van der Waals surface area contributed by atoms with E-state index in [1.807, 2.05) is 60.7 Å². The lowest BCUT2D eigenvalue weighted by atomic mass is 9.82. The Bertz CT molecular complexity index is 1430. The number of carbonyl (C=O) groups excluding carboxylic acids is 1. The van der Waals surface area contributed by atoms with Crippen molar-refractivity contribution in [3.63, 3.8) is 0 Å². The monoisotopic (exact) mass is 511 g/mol. The maximum absolute atomic E-state index is 14.1. The molecular formula is C31H26FNO5. The maximum Gasteiger partial charge on any atom is 0.341 e. The molecule has 0 saturated heterocycles. The summed E-state index contributed by atoms with van der Waals surface area (Å²) in [6.45, 7) is 0. The Labute approximate surface area is 220 Å². The van der Waals surface area contributed by atoms with Crippen LogP contribution in [0.25, 0.3) is 0 Å². The second-order valence-electron chi connectivity index (χ2n) is 8.74. The van der Waals surface area contributed by atoms with Crippen molar-refractivity contribution in [2.24, 2.45) is 4.99 Å². The van der Waals surface area contributed by atoms with Crippen LogP contribution in [0.3, 0.4) is 0 Å². The third kappa shape index (κ3) is 4.83. The molecule has 0 saturated carbocycles. The molecule has 0 aliphatic carbocycles. The number of carbonyl (C=O) groups is 1. The first-order valence-electron chi connectivity index (χ1n) is 12.0. The zero-order chi connectivity index (χ0) is 26.6. The molecule has 7 heteroatoms. The second-order valence-corrected chi connectivity index (χ2v) is 8.74. The lowest BCUT2D eigenvalue weighted by Crippen LogP contribution is -2.10. The molecule has 0 bridgehead atoms. The molecule has 6 nitrogen and oxygen atoms in total. The molecule has 1 atom stereocenters. The highest BCUT2D eigenvalue weighted by molar-refractivity contribution is 5.93.